The molecule has 2 rings (SSSR count). The van der Waals surface area contributed by atoms with E-state index in [1.807, 2.05) is 0 Å². The number of nitrogens with one attached hydrogen (secondary N) is 2. The molecule has 20 heavy (non-hydrogen) atoms. The van der Waals surface area contributed by atoms with Crippen molar-refractivity contribution in [2.75, 3.05) is 5.32 Å². The van der Waals surface area contributed by atoms with Gasteiger partial charge < -0.3 is 16.4 Å². The fourth-order valence-electron chi connectivity index (χ4n) is 2.39. The van der Waals surface area contributed by atoms with E-state index in [0.29, 0.717) is 16.5 Å². The number of thiocarbonyl (C=S) groups is 1. The molecule has 4 N–H and O–H groups in total. The Morgan fingerprint density at radius 2 is 2.15 bits per heavy atom. The number of nitrogens with two attached hydrogens (primary N) is 1. The van der Waals surface area contributed by atoms with E-state index in [9.17, 15) is 9.59 Å². The number of fused-ring (bicyclic) bond motifs is 1. The summed E-state index contributed by atoms with van der Waals surface area (Å²) in [5, 5.41) is 6.22. The van der Waals surface area contributed by atoms with Crippen LogP contribution in [0.2, 0.25) is 0 Å². The number of hydrogen-bond donors (Lipinski definition) is 3. The summed E-state index contributed by atoms with van der Waals surface area (Å²) in [5.41, 5.74) is 7.05. The van der Waals surface area contributed by atoms with E-state index in [1.54, 1.807) is 0 Å². The molecule has 108 valence electrons. The zero-order valence-corrected chi connectivity index (χ0v) is 13.0. The molecule has 2 amide bonds. The van der Waals surface area contributed by atoms with Crippen LogP contribution < -0.4 is 16.4 Å². The molecule has 0 spiro atoms. The Morgan fingerprint density at radius 1 is 1.45 bits per heavy atom. The van der Waals surface area contributed by atoms with Gasteiger partial charge in [-0.15, -0.1) is 11.3 Å². The van der Waals surface area contributed by atoms with E-state index in [4.69, 9.17) is 18.0 Å². The van der Waals surface area contributed by atoms with Gasteiger partial charge in [0.1, 0.15) is 5.00 Å². The number of carbonyl (C=O) groups is 2. The molecular formula is C13H17N3O2S2. The molecule has 1 aliphatic rings. The summed E-state index contributed by atoms with van der Waals surface area (Å²) in [4.78, 5) is 23.9. The second-order valence-corrected chi connectivity index (χ2v) is 6.57. The van der Waals surface area contributed by atoms with Crippen LogP contribution in [0.3, 0.4) is 0 Å². The Balaban J connectivity index is 2.31. The highest BCUT2D eigenvalue weighted by Gasteiger charge is 2.26. The SMILES string of the molecule is CC(=O)NC(=S)Nc1sc2c(c1C(N)=O)CC[C@@H](C)C2. The van der Waals surface area contributed by atoms with Crippen LogP contribution in [0.1, 0.15) is 41.1 Å². The van der Waals surface area contributed by atoms with Crippen molar-refractivity contribution in [2.45, 2.75) is 33.1 Å². The van der Waals surface area contributed by atoms with Crippen molar-refractivity contribution in [3.63, 3.8) is 0 Å². The van der Waals surface area contributed by atoms with Crippen molar-refractivity contribution in [2.24, 2.45) is 11.7 Å². The molecule has 0 aliphatic heterocycles. The summed E-state index contributed by atoms with van der Waals surface area (Å²) in [5.74, 6) is -0.0970. The maximum atomic E-state index is 11.7. The standard InChI is InChI=1S/C13H17N3O2S2/c1-6-3-4-8-9(5-6)20-12(10(8)11(14)18)16-13(19)15-7(2)17/h6H,3-5H2,1-2H3,(H2,14,18)(H2,15,16,17,19)/t6-/m1/s1. The van der Waals surface area contributed by atoms with Gasteiger partial charge in [0.15, 0.2) is 5.11 Å². The largest absolute Gasteiger partial charge is 0.365 e. The molecule has 0 saturated carbocycles. The highest BCUT2D eigenvalue weighted by Crippen LogP contribution is 2.39. The van der Waals surface area contributed by atoms with E-state index in [1.165, 1.54) is 23.1 Å². The minimum atomic E-state index is -0.454. The number of thiophene rings is 1. The zero-order chi connectivity index (χ0) is 14.9. The van der Waals surface area contributed by atoms with Crippen LogP contribution in [-0.2, 0) is 17.6 Å². The van der Waals surface area contributed by atoms with Gasteiger partial charge in [-0.1, -0.05) is 6.92 Å². The lowest BCUT2D eigenvalue weighted by molar-refractivity contribution is -0.117. The third-order valence-electron chi connectivity index (χ3n) is 3.27. The summed E-state index contributed by atoms with van der Waals surface area (Å²) in [7, 11) is 0. The van der Waals surface area contributed by atoms with Crippen LogP contribution in [0.25, 0.3) is 0 Å². The molecule has 1 aliphatic carbocycles. The summed E-state index contributed by atoms with van der Waals surface area (Å²) in [6, 6.07) is 0. The van der Waals surface area contributed by atoms with Crippen molar-refractivity contribution >= 4 is 45.5 Å². The molecule has 0 aromatic carbocycles. The first kappa shape index (κ1) is 14.9. The average molecular weight is 311 g/mol. The number of rotatable bonds is 2. The van der Waals surface area contributed by atoms with Crippen LogP contribution in [-0.4, -0.2) is 16.9 Å². The third-order valence-corrected chi connectivity index (χ3v) is 4.65. The molecule has 0 saturated heterocycles. The van der Waals surface area contributed by atoms with E-state index < -0.39 is 5.91 Å². The van der Waals surface area contributed by atoms with Gasteiger partial charge in [-0.25, -0.2) is 0 Å². The molecule has 0 bridgehead atoms. The van der Waals surface area contributed by atoms with Gasteiger partial charge in [-0.05, 0) is 43.0 Å². The lowest BCUT2D eigenvalue weighted by Crippen LogP contribution is -2.32. The van der Waals surface area contributed by atoms with Crippen molar-refractivity contribution in [3.8, 4) is 0 Å². The van der Waals surface area contributed by atoms with Gasteiger partial charge in [0.25, 0.3) is 5.91 Å². The second-order valence-electron chi connectivity index (χ2n) is 5.06. The minimum Gasteiger partial charge on any atom is -0.365 e. The van der Waals surface area contributed by atoms with Crippen LogP contribution in [0.15, 0.2) is 0 Å². The molecular weight excluding hydrogens is 294 g/mol. The van der Waals surface area contributed by atoms with E-state index in [2.05, 4.69) is 17.6 Å². The Kier molecular flexibility index (Phi) is 4.39. The predicted octanol–water partition coefficient (Wildman–Crippen LogP) is 1.80. The lowest BCUT2D eigenvalue weighted by atomic mass is 9.88. The highest BCUT2D eigenvalue weighted by molar-refractivity contribution is 7.80. The molecule has 0 radical (unpaired) electrons. The van der Waals surface area contributed by atoms with Crippen LogP contribution in [0.5, 0.6) is 0 Å². The van der Waals surface area contributed by atoms with Gasteiger partial charge in [0, 0.05) is 11.8 Å². The van der Waals surface area contributed by atoms with Crippen LogP contribution >= 0.6 is 23.6 Å². The van der Waals surface area contributed by atoms with E-state index in [0.717, 1.165) is 24.8 Å². The first-order valence-electron chi connectivity index (χ1n) is 6.41. The summed E-state index contributed by atoms with van der Waals surface area (Å²) in [6.45, 7) is 3.58. The van der Waals surface area contributed by atoms with Gasteiger partial charge in [0.05, 0.1) is 5.56 Å². The highest BCUT2D eigenvalue weighted by atomic mass is 32.1. The maximum absolute atomic E-state index is 11.7. The molecule has 1 aromatic rings. The van der Waals surface area contributed by atoms with Crippen molar-refractivity contribution in [3.05, 3.63) is 16.0 Å². The third kappa shape index (κ3) is 3.16. The number of anilines is 1. The monoisotopic (exact) mass is 311 g/mol. The summed E-state index contributed by atoms with van der Waals surface area (Å²) >= 11 is 6.53. The quantitative estimate of drug-likeness (QED) is 0.727. The maximum Gasteiger partial charge on any atom is 0.251 e. The Morgan fingerprint density at radius 3 is 2.75 bits per heavy atom. The molecule has 1 aromatic heterocycles. The lowest BCUT2D eigenvalue weighted by Gasteiger charge is -2.18. The van der Waals surface area contributed by atoms with Gasteiger partial charge >= 0.3 is 0 Å². The molecule has 7 heteroatoms. The van der Waals surface area contributed by atoms with E-state index in [-0.39, 0.29) is 11.0 Å². The molecule has 0 unspecified atom stereocenters. The van der Waals surface area contributed by atoms with Gasteiger partial charge in [-0.2, -0.15) is 0 Å². The smallest absolute Gasteiger partial charge is 0.251 e. The first-order chi connectivity index (χ1) is 9.38. The Bertz CT molecular complexity index is 580. The molecule has 0 fully saturated rings. The average Bonchev–Trinajstić information content (AvgIpc) is 2.64. The van der Waals surface area contributed by atoms with Crippen molar-refractivity contribution in [1.82, 2.24) is 5.32 Å². The van der Waals surface area contributed by atoms with Crippen LogP contribution in [0, 0.1) is 5.92 Å². The van der Waals surface area contributed by atoms with Crippen LogP contribution in [0.4, 0.5) is 5.00 Å². The molecule has 5 nitrogen and oxygen atoms in total. The number of amides is 2. The minimum absolute atomic E-state index is 0.187. The molecule has 1 atom stereocenters. The zero-order valence-electron chi connectivity index (χ0n) is 11.4. The summed E-state index contributed by atoms with van der Waals surface area (Å²) in [6.07, 6.45) is 2.87. The predicted molar refractivity (Wildman–Crippen MR) is 84.1 cm³/mol. The topological polar surface area (TPSA) is 84.2 Å². The summed E-state index contributed by atoms with van der Waals surface area (Å²) < 4.78 is 0. The van der Waals surface area contributed by atoms with Crippen molar-refractivity contribution < 1.29 is 9.59 Å². The fourth-order valence-corrected chi connectivity index (χ4v) is 4.12. The van der Waals surface area contributed by atoms with E-state index >= 15 is 0 Å². The number of primary amides is 1. The van der Waals surface area contributed by atoms with Crippen molar-refractivity contribution in [1.29, 1.82) is 0 Å². The Hall–Kier alpha value is -1.47. The van der Waals surface area contributed by atoms with Gasteiger partial charge in [0.2, 0.25) is 5.91 Å². The Labute approximate surface area is 126 Å². The number of hydrogen-bond acceptors (Lipinski definition) is 4. The molecule has 1 heterocycles. The first-order valence-corrected chi connectivity index (χ1v) is 7.63. The second kappa shape index (κ2) is 5.88. The van der Waals surface area contributed by atoms with Gasteiger partial charge in [-0.3, -0.25) is 9.59 Å². The fraction of sp³-hybridized carbons (Fsp3) is 0.462. The number of carbonyl (C=O) groups excluding carboxylic acids is 2. The normalized spacial score (nSPS) is 17.2.